The summed E-state index contributed by atoms with van der Waals surface area (Å²) in [4.78, 5) is 2.41. The summed E-state index contributed by atoms with van der Waals surface area (Å²) in [5.74, 6) is 0. The van der Waals surface area contributed by atoms with Gasteiger partial charge in [0.1, 0.15) is 0 Å². The number of fused-ring (bicyclic) bond motifs is 8. The van der Waals surface area contributed by atoms with Gasteiger partial charge in [0.15, 0.2) is 0 Å². The fourth-order valence-electron chi connectivity index (χ4n) is 7.49. The van der Waals surface area contributed by atoms with Crippen molar-refractivity contribution in [2.75, 3.05) is 4.90 Å². The molecule has 214 valence electrons. The number of thiophene rings is 1. The zero-order valence-corrected chi connectivity index (χ0v) is 26.1. The molecule has 0 spiro atoms. The van der Waals surface area contributed by atoms with Gasteiger partial charge in [-0.2, -0.15) is 0 Å². The molecule has 1 aliphatic carbocycles. The van der Waals surface area contributed by atoms with Gasteiger partial charge in [0, 0.05) is 42.6 Å². The second kappa shape index (κ2) is 9.92. The summed E-state index contributed by atoms with van der Waals surface area (Å²) < 4.78 is 2.63. The van der Waals surface area contributed by atoms with E-state index in [-0.39, 0.29) is 5.41 Å². The molecule has 1 heterocycles. The first-order valence-corrected chi connectivity index (χ1v) is 16.4. The van der Waals surface area contributed by atoms with Crippen LogP contribution in [0.1, 0.15) is 25.0 Å². The predicted molar refractivity (Wildman–Crippen MR) is 195 cm³/mol. The van der Waals surface area contributed by atoms with Crippen LogP contribution in [0, 0.1) is 0 Å². The van der Waals surface area contributed by atoms with Crippen LogP contribution >= 0.6 is 11.3 Å². The lowest BCUT2D eigenvalue weighted by Crippen LogP contribution is -2.15. The molecule has 8 aromatic rings. The molecule has 9 rings (SSSR count). The van der Waals surface area contributed by atoms with Crippen LogP contribution in [0.5, 0.6) is 0 Å². The van der Waals surface area contributed by atoms with Gasteiger partial charge in [-0.25, -0.2) is 0 Å². The molecular formula is C43H31NS. The Labute approximate surface area is 267 Å². The van der Waals surface area contributed by atoms with Crippen LogP contribution in [0.4, 0.5) is 17.1 Å². The summed E-state index contributed by atoms with van der Waals surface area (Å²) in [6, 6.07) is 55.8. The van der Waals surface area contributed by atoms with E-state index >= 15 is 0 Å². The Morgan fingerprint density at radius 1 is 0.467 bits per heavy atom. The lowest BCUT2D eigenvalue weighted by molar-refractivity contribution is 0.666. The predicted octanol–water partition coefficient (Wildman–Crippen LogP) is 12.7. The summed E-state index contributed by atoms with van der Waals surface area (Å²) in [5, 5.41) is 5.23. The van der Waals surface area contributed by atoms with E-state index in [0.29, 0.717) is 0 Å². The van der Waals surface area contributed by atoms with Gasteiger partial charge in [-0.05, 0) is 86.6 Å². The van der Waals surface area contributed by atoms with Gasteiger partial charge in [-0.1, -0.05) is 123 Å². The third kappa shape index (κ3) is 4.06. The maximum atomic E-state index is 2.41. The van der Waals surface area contributed by atoms with Gasteiger partial charge in [0.2, 0.25) is 0 Å². The van der Waals surface area contributed by atoms with Gasteiger partial charge in [-0.3, -0.25) is 0 Å². The van der Waals surface area contributed by atoms with Gasteiger partial charge in [0.05, 0.1) is 0 Å². The zero-order chi connectivity index (χ0) is 30.1. The van der Waals surface area contributed by atoms with Gasteiger partial charge >= 0.3 is 0 Å². The van der Waals surface area contributed by atoms with Crippen molar-refractivity contribution in [2.24, 2.45) is 0 Å². The van der Waals surface area contributed by atoms with Crippen LogP contribution in [0.25, 0.3) is 53.2 Å². The fraction of sp³-hybridized carbons (Fsp3) is 0.0698. The van der Waals surface area contributed by atoms with Crippen molar-refractivity contribution in [3.63, 3.8) is 0 Å². The van der Waals surface area contributed by atoms with E-state index in [1.807, 2.05) is 11.3 Å². The highest BCUT2D eigenvalue weighted by atomic mass is 32.1. The van der Waals surface area contributed by atoms with E-state index in [2.05, 4.69) is 170 Å². The average molecular weight is 594 g/mol. The standard InChI is InChI=1S/C43H31NS/c1-43(2)39-14-8-6-12-35(39)38-23-18-30-26-32(21-24-34(30)42(38)43)44(31-19-16-29(17-20-31)28-10-4-3-5-11-28)33-22-25-37-36-13-7-9-15-40(36)45-41(37)27-33/h3-27H,1-2H3. The normalized spacial score (nSPS) is 13.3. The monoisotopic (exact) mass is 593 g/mol. The summed E-state index contributed by atoms with van der Waals surface area (Å²) in [5.41, 5.74) is 11.4. The SMILES string of the molecule is CC1(C)c2ccccc2-c2ccc3cc(N(c4ccc(-c5ccccc5)cc4)c4ccc5c(c4)sc4ccccc45)ccc3c21. The fourth-order valence-corrected chi connectivity index (χ4v) is 8.63. The molecule has 2 heteroatoms. The van der Waals surface area contributed by atoms with Crippen LogP contribution in [0.15, 0.2) is 152 Å². The van der Waals surface area contributed by atoms with Crippen molar-refractivity contribution in [2.45, 2.75) is 19.3 Å². The molecular weight excluding hydrogens is 563 g/mol. The third-order valence-electron chi connectivity index (χ3n) is 9.63. The van der Waals surface area contributed by atoms with E-state index in [1.54, 1.807) is 0 Å². The van der Waals surface area contributed by atoms with Crippen LogP contribution < -0.4 is 4.90 Å². The average Bonchev–Trinajstić information content (AvgIpc) is 3.57. The molecule has 1 nitrogen and oxygen atoms in total. The van der Waals surface area contributed by atoms with Crippen LogP contribution in [-0.2, 0) is 5.41 Å². The number of benzene rings is 7. The highest BCUT2D eigenvalue weighted by Crippen LogP contribution is 2.52. The Bertz CT molecular complexity index is 2400. The van der Waals surface area contributed by atoms with Crippen molar-refractivity contribution < 1.29 is 0 Å². The van der Waals surface area contributed by atoms with E-state index in [0.717, 1.165) is 17.1 Å². The molecule has 1 aromatic heterocycles. The third-order valence-corrected chi connectivity index (χ3v) is 10.8. The van der Waals surface area contributed by atoms with Crippen molar-refractivity contribution >= 4 is 59.3 Å². The molecule has 0 N–H and O–H groups in total. The highest BCUT2D eigenvalue weighted by molar-refractivity contribution is 7.25. The second-order valence-corrected chi connectivity index (χ2v) is 13.7. The van der Waals surface area contributed by atoms with E-state index in [1.165, 1.54) is 64.3 Å². The van der Waals surface area contributed by atoms with Gasteiger partial charge in [-0.15, -0.1) is 11.3 Å². The molecule has 0 aliphatic heterocycles. The highest BCUT2D eigenvalue weighted by Gasteiger charge is 2.36. The van der Waals surface area contributed by atoms with E-state index in [9.17, 15) is 0 Å². The minimum atomic E-state index is -0.0495. The Balaban J connectivity index is 1.22. The summed E-state index contributed by atoms with van der Waals surface area (Å²) in [6.07, 6.45) is 0. The topological polar surface area (TPSA) is 3.24 Å². The second-order valence-electron chi connectivity index (χ2n) is 12.6. The van der Waals surface area contributed by atoms with Gasteiger partial charge in [0.25, 0.3) is 0 Å². The van der Waals surface area contributed by atoms with Crippen molar-refractivity contribution in [1.82, 2.24) is 0 Å². The quantitative estimate of drug-likeness (QED) is 0.196. The van der Waals surface area contributed by atoms with Gasteiger partial charge < -0.3 is 4.90 Å². The smallest absolute Gasteiger partial charge is 0.0476 e. The first kappa shape index (κ1) is 26.2. The van der Waals surface area contributed by atoms with Crippen molar-refractivity contribution in [1.29, 1.82) is 0 Å². The Morgan fingerprint density at radius 2 is 1.11 bits per heavy atom. The molecule has 1 aliphatic rings. The Kier molecular flexibility index (Phi) is 5.78. The first-order valence-electron chi connectivity index (χ1n) is 15.6. The number of rotatable bonds is 4. The van der Waals surface area contributed by atoms with Crippen LogP contribution in [-0.4, -0.2) is 0 Å². The Morgan fingerprint density at radius 3 is 1.96 bits per heavy atom. The number of anilines is 3. The largest absolute Gasteiger partial charge is 0.310 e. The molecule has 0 saturated heterocycles. The van der Waals surface area contributed by atoms with Crippen LogP contribution in [0.3, 0.4) is 0 Å². The molecule has 45 heavy (non-hydrogen) atoms. The minimum Gasteiger partial charge on any atom is -0.310 e. The molecule has 0 saturated carbocycles. The minimum absolute atomic E-state index is 0.0495. The summed E-state index contributed by atoms with van der Waals surface area (Å²) in [6.45, 7) is 4.73. The molecule has 0 bridgehead atoms. The number of hydrogen-bond acceptors (Lipinski definition) is 2. The maximum absolute atomic E-state index is 2.41. The first-order chi connectivity index (χ1) is 22.1. The Hall–Kier alpha value is -5.18. The lowest BCUT2D eigenvalue weighted by atomic mass is 9.80. The molecule has 0 unspecified atom stereocenters. The molecule has 0 amide bonds. The molecule has 0 atom stereocenters. The van der Waals surface area contributed by atoms with Crippen LogP contribution in [0.2, 0.25) is 0 Å². The molecule has 0 radical (unpaired) electrons. The number of nitrogens with zero attached hydrogens (tertiary/aromatic N) is 1. The molecule has 0 fully saturated rings. The summed E-state index contributed by atoms with van der Waals surface area (Å²) >= 11 is 1.87. The lowest BCUT2D eigenvalue weighted by Gasteiger charge is -2.27. The van der Waals surface area contributed by atoms with E-state index in [4.69, 9.17) is 0 Å². The molecule has 7 aromatic carbocycles. The van der Waals surface area contributed by atoms with Crippen molar-refractivity contribution in [3.05, 3.63) is 163 Å². The zero-order valence-electron chi connectivity index (χ0n) is 25.3. The van der Waals surface area contributed by atoms with Crippen molar-refractivity contribution in [3.8, 4) is 22.3 Å². The summed E-state index contributed by atoms with van der Waals surface area (Å²) in [7, 11) is 0. The maximum Gasteiger partial charge on any atom is 0.0476 e. The number of hydrogen-bond donors (Lipinski definition) is 0. The van der Waals surface area contributed by atoms with E-state index < -0.39 is 0 Å².